The van der Waals surface area contributed by atoms with Crippen LogP contribution in [0.4, 0.5) is 4.39 Å². The van der Waals surface area contributed by atoms with Gasteiger partial charge in [-0.25, -0.2) is 9.18 Å². The first kappa shape index (κ1) is 13.5. The Hall–Kier alpha value is -1.55. The van der Waals surface area contributed by atoms with Gasteiger partial charge in [0.2, 0.25) is 0 Å². The van der Waals surface area contributed by atoms with E-state index in [1.165, 1.54) is 24.3 Å². The van der Waals surface area contributed by atoms with Crippen LogP contribution in [0.15, 0.2) is 30.4 Å². The Balaban J connectivity index is 2.46. The Kier molecular flexibility index (Phi) is 5.49. The van der Waals surface area contributed by atoms with E-state index in [4.69, 9.17) is 16.3 Å². The largest absolute Gasteiger partial charge is 0.486 e. The van der Waals surface area contributed by atoms with Crippen LogP contribution in [0.3, 0.4) is 0 Å². The lowest BCUT2D eigenvalue weighted by Crippen LogP contribution is -2.01. The minimum Gasteiger partial charge on any atom is -0.486 e. The van der Waals surface area contributed by atoms with Crippen molar-refractivity contribution < 1.29 is 18.7 Å². The number of hydrogen-bond acceptors (Lipinski definition) is 3. The van der Waals surface area contributed by atoms with Gasteiger partial charge in [-0.1, -0.05) is 17.7 Å². The second-order valence-electron chi connectivity index (χ2n) is 3.02. The van der Waals surface area contributed by atoms with Crippen molar-refractivity contribution in [3.05, 3.63) is 41.2 Å². The van der Waals surface area contributed by atoms with Gasteiger partial charge in [0.05, 0.1) is 11.6 Å². The summed E-state index contributed by atoms with van der Waals surface area (Å²) in [4.78, 5) is 10.9. The topological polar surface area (TPSA) is 35.5 Å². The quantitative estimate of drug-likeness (QED) is 0.602. The SMILES string of the molecule is CCOC(=O)/C=C/COc1cccc(Cl)c1F. The number of halogens is 2. The van der Waals surface area contributed by atoms with Crippen LogP contribution in [0, 0.1) is 5.82 Å². The molecule has 17 heavy (non-hydrogen) atoms. The summed E-state index contributed by atoms with van der Waals surface area (Å²) in [5.41, 5.74) is 0. The monoisotopic (exact) mass is 258 g/mol. The zero-order chi connectivity index (χ0) is 12.7. The summed E-state index contributed by atoms with van der Waals surface area (Å²) in [6, 6.07) is 4.47. The number of ether oxygens (including phenoxy) is 2. The number of rotatable bonds is 5. The molecule has 0 aliphatic carbocycles. The fourth-order valence-electron chi connectivity index (χ4n) is 1.07. The molecule has 0 spiro atoms. The van der Waals surface area contributed by atoms with Crippen molar-refractivity contribution in [2.24, 2.45) is 0 Å². The minimum atomic E-state index is -0.612. The fraction of sp³-hybridized carbons (Fsp3) is 0.250. The molecule has 0 radical (unpaired) electrons. The van der Waals surface area contributed by atoms with E-state index in [0.717, 1.165) is 0 Å². The molecule has 0 aliphatic heterocycles. The van der Waals surface area contributed by atoms with E-state index < -0.39 is 11.8 Å². The Bertz CT molecular complexity index is 418. The Morgan fingerprint density at radius 1 is 1.53 bits per heavy atom. The maximum atomic E-state index is 13.3. The van der Waals surface area contributed by atoms with Gasteiger partial charge in [-0.2, -0.15) is 0 Å². The lowest BCUT2D eigenvalue weighted by molar-refractivity contribution is -0.137. The van der Waals surface area contributed by atoms with Crippen LogP contribution in [0.1, 0.15) is 6.92 Å². The van der Waals surface area contributed by atoms with Gasteiger partial charge in [-0.15, -0.1) is 0 Å². The van der Waals surface area contributed by atoms with Crippen molar-refractivity contribution in [2.75, 3.05) is 13.2 Å². The molecule has 3 nitrogen and oxygen atoms in total. The van der Waals surface area contributed by atoms with Gasteiger partial charge in [-0.05, 0) is 25.1 Å². The fourth-order valence-corrected chi connectivity index (χ4v) is 1.23. The third-order valence-corrected chi connectivity index (χ3v) is 2.08. The number of benzene rings is 1. The molecule has 1 aromatic rings. The van der Waals surface area contributed by atoms with Gasteiger partial charge in [0.25, 0.3) is 0 Å². The lowest BCUT2D eigenvalue weighted by atomic mass is 10.3. The summed E-state index contributed by atoms with van der Waals surface area (Å²) in [7, 11) is 0. The zero-order valence-electron chi connectivity index (χ0n) is 9.28. The molecule has 0 saturated heterocycles. The second kappa shape index (κ2) is 6.91. The molecular weight excluding hydrogens is 247 g/mol. The van der Waals surface area contributed by atoms with Crippen LogP contribution in [0.2, 0.25) is 5.02 Å². The molecule has 0 bridgehead atoms. The van der Waals surface area contributed by atoms with Gasteiger partial charge in [0, 0.05) is 6.08 Å². The number of hydrogen-bond donors (Lipinski definition) is 0. The number of esters is 1. The predicted octanol–water partition coefficient (Wildman–Crippen LogP) is 2.98. The molecule has 0 saturated carbocycles. The molecule has 1 rings (SSSR count). The van der Waals surface area contributed by atoms with E-state index in [9.17, 15) is 9.18 Å². The minimum absolute atomic E-state index is 0.00290. The van der Waals surface area contributed by atoms with Crippen LogP contribution in [-0.4, -0.2) is 19.2 Å². The highest BCUT2D eigenvalue weighted by Crippen LogP contribution is 2.23. The summed E-state index contributed by atoms with van der Waals surface area (Å²) in [5.74, 6) is -1.02. The van der Waals surface area contributed by atoms with E-state index in [2.05, 4.69) is 4.74 Å². The Morgan fingerprint density at radius 2 is 2.29 bits per heavy atom. The van der Waals surface area contributed by atoms with E-state index in [1.807, 2.05) is 0 Å². The summed E-state index contributed by atoms with van der Waals surface area (Å²) in [6.45, 7) is 2.09. The standard InChI is InChI=1S/C12H12ClFO3/c1-2-16-11(15)7-4-8-17-10-6-3-5-9(13)12(10)14/h3-7H,2,8H2,1H3/b7-4+. The summed E-state index contributed by atoms with van der Waals surface area (Å²) in [5, 5.41) is -0.00290. The highest BCUT2D eigenvalue weighted by atomic mass is 35.5. The lowest BCUT2D eigenvalue weighted by Gasteiger charge is -2.04. The zero-order valence-corrected chi connectivity index (χ0v) is 10.0. The third-order valence-electron chi connectivity index (χ3n) is 1.79. The Labute approximate surface area is 104 Å². The molecule has 0 amide bonds. The molecule has 5 heteroatoms. The predicted molar refractivity (Wildman–Crippen MR) is 62.7 cm³/mol. The van der Waals surface area contributed by atoms with E-state index in [-0.39, 0.29) is 17.4 Å². The summed E-state index contributed by atoms with van der Waals surface area (Å²) >= 11 is 5.57. The summed E-state index contributed by atoms with van der Waals surface area (Å²) in [6.07, 6.45) is 2.67. The van der Waals surface area contributed by atoms with Crippen LogP contribution in [0.5, 0.6) is 5.75 Å². The van der Waals surface area contributed by atoms with E-state index >= 15 is 0 Å². The Morgan fingerprint density at radius 3 is 3.00 bits per heavy atom. The van der Waals surface area contributed by atoms with Gasteiger partial charge in [-0.3, -0.25) is 0 Å². The molecule has 0 fully saturated rings. The van der Waals surface area contributed by atoms with Gasteiger partial charge >= 0.3 is 5.97 Å². The molecule has 0 aromatic heterocycles. The van der Waals surface area contributed by atoms with Crippen molar-refractivity contribution in [2.45, 2.75) is 6.92 Å². The number of carbonyl (C=O) groups excluding carboxylic acids is 1. The molecule has 0 heterocycles. The molecule has 0 aliphatic rings. The van der Waals surface area contributed by atoms with Crippen LogP contribution >= 0.6 is 11.6 Å². The third kappa shape index (κ3) is 4.44. The first-order valence-corrected chi connectivity index (χ1v) is 5.43. The molecule has 0 unspecified atom stereocenters. The van der Waals surface area contributed by atoms with E-state index in [0.29, 0.717) is 6.61 Å². The smallest absolute Gasteiger partial charge is 0.330 e. The highest BCUT2D eigenvalue weighted by Gasteiger charge is 2.05. The van der Waals surface area contributed by atoms with Crippen molar-refractivity contribution in [1.29, 1.82) is 0 Å². The average Bonchev–Trinajstić information content (AvgIpc) is 2.30. The average molecular weight is 259 g/mol. The van der Waals surface area contributed by atoms with Crippen molar-refractivity contribution in [3.8, 4) is 5.75 Å². The van der Waals surface area contributed by atoms with Crippen molar-refractivity contribution in [3.63, 3.8) is 0 Å². The van der Waals surface area contributed by atoms with Crippen LogP contribution in [-0.2, 0) is 9.53 Å². The van der Waals surface area contributed by atoms with Crippen LogP contribution in [0.25, 0.3) is 0 Å². The molecule has 0 atom stereocenters. The maximum Gasteiger partial charge on any atom is 0.330 e. The van der Waals surface area contributed by atoms with E-state index in [1.54, 1.807) is 13.0 Å². The maximum absolute atomic E-state index is 13.3. The van der Waals surface area contributed by atoms with Gasteiger partial charge in [0.1, 0.15) is 6.61 Å². The van der Waals surface area contributed by atoms with Crippen molar-refractivity contribution >= 4 is 17.6 Å². The number of carbonyl (C=O) groups is 1. The van der Waals surface area contributed by atoms with Crippen LogP contribution < -0.4 is 4.74 Å². The second-order valence-corrected chi connectivity index (χ2v) is 3.42. The highest BCUT2D eigenvalue weighted by molar-refractivity contribution is 6.30. The summed E-state index contributed by atoms with van der Waals surface area (Å²) < 4.78 is 23.1. The van der Waals surface area contributed by atoms with Gasteiger partial charge < -0.3 is 9.47 Å². The molecular formula is C12H12ClFO3. The molecule has 92 valence electrons. The molecule has 1 aromatic carbocycles. The van der Waals surface area contributed by atoms with Gasteiger partial charge in [0.15, 0.2) is 11.6 Å². The first-order chi connectivity index (χ1) is 8.15. The first-order valence-electron chi connectivity index (χ1n) is 5.05. The normalized spacial score (nSPS) is 10.5. The molecule has 0 N–H and O–H groups in total. The van der Waals surface area contributed by atoms with Crippen molar-refractivity contribution in [1.82, 2.24) is 0 Å².